The summed E-state index contributed by atoms with van der Waals surface area (Å²) >= 11 is 0. The minimum absolute atomic E-state index is 0.301. The van der Waals surface area contributed by atoms with Gasteiger partial charge in [-0.3, -0.25) is 4.79 Å². The van der Waals surface area contributed by atoms with E-state index < -0.39 is 6.04 Å². The van der Waals surface area contributed by atoms with E-state index in [1.165, 1.54) is 12.0 Å². The summed E-state index contributed by atoms with van der Waals surface area (Å²) in [6.45, 7) is 1.75. The maximum Gasteiger partial charge on any atom is 0.322 e. The van der Waals surface area contributed by atoms with Gasteiger partial charge in [-0.2, -0.15) is 0 Å². The maximum atomic E-state index is 13.1. The Morgan fingerprint density at radius 1 is 1.07 bits per heavy atom. The van der Waals surface area contributed by atoms with E-state index in [0.29, 0.717) is 34.0 Å². The molecule has 0 aromatic heterocycles. The normalized spacial score (nSPS) is 16.5. The first-order valence-electron chi connectivity index (χ1n) is 8.80. The molecule has 1 heterocycles. The Hall–Kier alpha value is -3.48. The van der Waals surface area contributed by atoms with Crippen molar-refractivity contribution in [1.82, 2.24) is 10.2 Å². The zero-order chi connectivity index (χ0) is 20.3. The fraction of sp³-hybridized carbons (Fsp3) is 0.238. The van der Waals surface area contributed by atoms with Gasteiger partial charge in [0.15, 0.2) is 11.5 Å². The molecule has 2 aromatic carbocycles. The molecule has 2 N–H and O–H groups in total. The van der Waals surface area contributed by atoms with Crippen molar-refractivity contribution in [2.75, 3.05) is 26.6 Å². The van der Waals surface area contributed by atoms with Gasteiger partial charge >= 0.3 is 6.03 Å². The van der Waals surface area contributed by atoms with Crippen molar-refractivity contribution in [3.63, 3.8) is 0 Å². The number of hydrogen-bond acceptors (Lipinski definition) is 4. The average molecular weight is 381 g/mol. The predicted octanol–water partition coefficient (Wildman–Crippen LogP) is 3.31. The molecule has 1 atom stereocenters. The number of allylic oxidation sites excluding steroid dienone is 1. The quantitative estimate of drug-likeness (QED) is 0.833. The van der Waals surface area contributed by atoms with Crippen LogP contribution in [0.25, 0.3) is 0 Å². The summed E-state index contributed by atoms with van der Waals surface area (Å²) in [6.07, 6.45) is 0. The molecule has 0 radical (unpaired) electrons. The molecule has 0 unspecified atom stereocenters. The van der Waals surface area contributed by atoms with Crippen molar-refractivity contribution in [3.8, 4) is 11.5 Å². The van der Waals surface area contributed by atoms with Gasteiger partial charge < -0.3 is 25.0 Å². The molecule has 0 saturated carbocycles. The number of benzene rings is 2. The van der Waals surface area contributed by atoms with E-state index >= 15 is 0 Å². The van der Waals surface area contributed by atoms with Gasteiger partial charge in [-0.1, -0.05) is 30.3 Å². The summed E-state index contributed by atoms with van der Waals surface area (Å²) < 4.78 is 10.9. The van der Waals surface area contributed by atoms with Crippen LogP contribution in [0.3, 0.4) is 0 Å². The predicted molar refractivity (Wildman–Crippen MR) is 106 cm³/mol. The Morgan fingerprint density at radius 2 is 1.79 bits per heavy atom. The lowest BCUT2D eigenvalue weighted by Gasteiger charge is -2.34. The van der Waals surface area contributed by atoms with Gasteiger partial charge in [-0.05, 0) is 25.1 Å². The molecule has 3 rings (SSSR count). The molecule has 7 nitrogen and oxygen atoms in total. The second-order valence-corrected chi connectivity index (χ2v) is 6.34. The zero-order valence-electron chi connectivity index (χ0n) is 16.3. The zero-order valence-corrected chi connectivity index (χ0v) is 16.3. The van der Waals surface area contributed by atoms with Crippen LogP contribution in [0.1, 0.15) is 18.5 Å². The van der Waals surface area contributed by atoms with Crippen molar-refractivity contribution < 1.29 is 19.1 Å². The molecule has 0 spiro atoms. The summed E-state index contributed by atoms with van der Waals surface area (Å²) in [4.78, 5) is 27.0. The van der Waals surface area contributed by atoms with E-state index in [-0.39, 0.29) is 11.9 Å². The average Bonchev–Trinajstić information content (AvgIpc) is 2.71. The Morgan fingerprint density at radius 3 is 2.43 bits per heavy atom. The number of carbonyl (C=O) groups excluding carboxylic acids is 2. The van der Waals surface area contributed by atoms with Crippen molar-refractivity contribution in [3.05, 3.63) is 65.4 Å². The largest absolute Gasteiger partial charge is 0.493 e. The van der Waals surface area contributed by atoms with E-state index in [4.69, 9.17) is 9.47 Å². The molecular formula is C21H23N3O4. The molecule has 0 saturated heterocycles. The monoisotopic (exact) mass is 381 g/mol. The number of para-hydroxylation sites is 2. The molecule has 0 fully saturated rings. The van der Waals surface area contributed by atoms with Gasteiger partial charge in [0.1, 0.15) is 0 Å². The number of nitrogens with one attached hydrogen (secondary N) is 2. The minimum Gasteiger partial charge on any atom is -0.493 e. The minimum atomic E-state index is -0.683. The van der Waals surface area contributed by atoms with Crippen LogP contribution in [0.4, 0.5) is 10.5 Å². The Bertz CT molecular complexity index is 925. The van der Waals surface area contributed by atoms with Crippen LogP contribution >= 0.6 is 0 Å². The fourth-order valence-corrected chi connectivity index (χ4v) is 3.22. The van der Waals surface area contributed by atoms with Gasteiger partial charge in [0.25, 0.3) is 5.91 Å². The topological polar surface area (TPSA) is 79.9 Å². The summed E-state index contributed by atoms with van der Waals surface area (Å²) in [5.74, 6) is 0.691. The number of nitrogens with zero attached hydrogens (tertiary/aromatic N) is 1. The van der Waals surface area contributed by atoms with Crippen LogP contribution in [0.15, 0.2) is 59.8 Å². The second kappa shape index (κ2) is 8.04. The van der Waals surface area contributed by atoms with Gasteiger partial charge in [0.2, 0.25) is 0 Å². The fourth-order valence-electron chi connectivity index (χ4n) is 3.22. The van der Waals surface area contributed by atoms with Crippen LogP contribution in [-0.4, -0.2) is 38.1 Å². The number of rotatable bonds is 5. The first kappa shape index (κ1) is 19.3. The van der Waals surface area contributed by atoms with Gasteiger partial charge in [-0.25, -0.2) is 4.79 Å². The Labute approximate surface area is 163 Å². The number of amides is 3. The molecule has 0 aliphatic carbocycles. The van der Waals surface area contributed by atoms with Gasteiger partial charge in [-0.15, -0.1) is 0 Å². The first-order chi connectivity index (χ1) is 13.5. The number of hydrogen-bond donors (Lipinski definition) is 2. The van der Waals surface area contributed by atoms with E-state index in [1.54, 1.807) is 51.4 Å². The van der Waals surface area contributed by atoms with Crippen LogP contribution < -0.4 is 20.1 Å². The number of carbonyl (C=O) groups is 2. The van der Waals surface area contributed by atoms with Crippen LogP contribution in [-0.2, 0) is 4.79 Å². The molecule has 2 aromatic rings. The van der Waals surface area contributed by atoms with Crippen LogP contribution in [0.5, 0.6) is 11.5 Å². The third-order valence-corrected chi connectivity index (χ3v) is 4.77. The highest BCUT2D eigenvalue weighted by Gasteiger charge is 2.36. The number of methoxy groups -OCH3 is 2. The molecule has 3 amide bonds. The highest BCUT2D eigenvalue weighted by Crippen LogP contribution is 2.40. The first-order valence-corrected chi connectivity index (χ1v) is 8.80. The molecule has 0 bridgehead atoms. The summed E-state index contributed by atoms with van der Waals surface area (Å²) in [7, 11) is 4.69. The van der Waals surface area contributed by atoms with E-state index in [1.807, 2.05) is 18.2 Å². The molecule has 28 heavy (non-hydrogen) atoms. The highest BCUT2D eigenvalue weighted by molar-refractivity contribution is 6.06. The highest BCUT2D eigenvalue weighted by atomic mass is 16.5. The third kappa shape index (κ3) is 3.51. The van der Waals surface area contributed by atoms with E-state index in [2.05, 4.69) is 10.6 Å². The van der Waals surface area contributed by atoms with Gasteiger partial charge in [0.05, 0.1) is 25.8 Å². The standard InChI is InChI=1S/C21H23N3O4/c1-13-17(20(25)22-14-9-6-5-7-10-14)18(23-21(26)24(13)2)15-11-8-12-16(27-3)19(15)28-4/h5-12,18H,1-4H3,(H,22,25)(H,23,26)/t18-/m1/s1. The lowest BCUT2D eigenvalue weighted by molar-refractivity contribution is -0.113. The summed E-state index contributed by atoms with van der Waals surface area (Å²) in [5, 5.41) is 5.78. The van der Waals surface area contributed by atoms with E-state index in [9.17, 15) is 9.59 Å². The van der Waals surface area contributed by atoms with Crippen molar-refractivity contribution >= 4 is 17.6 Å². The van der Waals surface area contributed by atoms with E-state index in [0.717, 1.165) is 0 Å². The maximum absolute atomic E-state index is 13.1. The molecule has 146 valence electrons. The lowest BCUT2D eigenvalue weighted by Crippen LogP contribution is -2.46. The van der Waals surface area contributed by atoms with Gasteiger partial charge in [0, 0.05) is 24.0 Å². The van der Waals surface area contributed by atoms with Crippen LogP contribution in [0.2, 0.25) is 0 Å². The van der Waals surface area contributed by atoms with Crippen molar-refractivity contribution in [2.24, 2.45) is 0 Å². The number of anilines is 1. The third-order valence-electron chi connectivity index (χ3n) is 4.77. The molecule has 1 aliphatic rings. The lowest BCUT2D eigenvalue weighted by atomic mass is 9.93. The van der Waals surface area contributed by atoms with Crippen molar-refractivity contribution in [2.45, 2.75) is 13.0 Å². The smallest absolute Gasteiger partial charge is 0.322 e. The summed E-state index contributed by atoms with van der Waals surface area (Å²) in [5.41, 5.74) is 2.30. The number of urea groups is 1. The Kier molecular flexibility index (Phi) is 5.54. The Balaban J connectivity index is 2.08. The second-order valence-electron chi connectivity index (χ2n) is 6.34. The molecular weight excluding hydrogens is 358 g/mol. The summed E-state index contributed by atoms with van der Waals surface area (Å²) in [6, 6.07) is 13.5. The number of ether oxygens (including phenoxy) is 2. The van der Waals surface area contributed by atoms with Crippen molar-refractivity contribution in [1.29, 1.82) is 0 Å². The molecule has 1 aliphatic heterocycles. The molecule has 7 heteroatoms. The SMILES string of the molecule is COc1cccc([C@H]2NC(=O)N(C)C(C)=C2C(=O)Nc2ccccc2)c1OC. The van der Waals surface area contributed by atoms with Crippen LogP contribution in [0, 0.1) is 0 Å².